The molecule has 0 heterocycles. The Hall–Kier alpha value is -2.87. The van der Waals surface area contributed by atoms with Crippen molar-refractivity contribution in [3.8, 4) is 22.3 Å². The lowest BCUT2D eigenvalue weighted by Crippen LogP contribution is -2.04. The van der Waals surface area contributed by atoms with Crippen LogP contribution in [0.3, 0.4) is 0 Å². The van der Waals surface area contributed by atoms with E-state index >= 15 is 0 Å². The highest BCUT2D eigenvalue weighted by Gasteiger charge is 2.15. The summed E-state index contributed by atoms with van der Waals surface area (Å²) in [5, 5.41) is 0. The van der Waals surface area contributed by atoms with E-state index in [0.29, 0.717) is 5.56 Å². The Morgan fingerprint density at radius 2 is 1.48 bits per heavy atom. The standard InChI is InChI=1S/C21H18O2/c1-15-8-6-7-11-18(15)20-14-17(16-9-4-3-5-10-16)12-13-19(20)21(22)23-2/h3-14H,1-2H3. The van der Waals surface area contributed by atoms with Crippen LogP contribution in [0.2, 0.25) is 0 Å². The third kappa shape index (κ3) is 3.02. The van der Waals surface area contributed by atoms with Crippen LogP contribution >= 0.6 is 0 Å². The maximum Gasteiger partial charge on any atom is 0.338 e. The van der Waals surface area contributed by atoms with Gasteiger partial charge in [0.1, 0.15) is 0 Å². The fourth-order valence-electron chi connectivity index (χ4n) is 2.74. The molecule has 2 heteroatoms. The average Bonchev–Trinajstić information content (AvgIpc) is 2.62. The SMILES string of the molecule is COC(=O)c1ccc(-c2ccccc2)cc1-c1ccccc1C. The number of rotatable bonds is 3. The maximum atomic E-state index is 12.1. The van der Waals surface area contributed by atoms with E-state index in [1.54, 1.807) is 0 Å². The molecule has 2 nitrogen and oxygen atoms in total. The summed E-state index contributed by atoms with van der Waals surface area (Å²) in [6.45, 7) is 2.05. The summed E-state index contributed by atoms with van der Waals surface area (Å²) in [5.74, 6) is -0.317. The van der Waals surface area contributed by atoms with Crippen LogP contribution in [0, 0.1) is 6.92 Å². The molecule has 0 atom stereocenters. The maximum absolute atomic E-state index is 12.1. The van der Waals surface area contributed by atoms with E-state index in [2.05, 4.69) is 18.2 Å². The summed E-state index contributed by atoms with van der Waals surface area (Å²) in [7, 11) is 1.41. The Labute approximate surface area is 136 Å². The van der Waals surface area contributed by atoms with Crippen molar-refractivity contribution in [2.45, 2.75) is 6.92 Å². The second-order valence-electron chi connectivity index (χ2n) is 5.43. The zero-order chi connectivity index (χ0) is 16.2. The van der Waals surface area contributed by atoms with E-state index in [1.165, 1.54) is 7.11 Å². The lowest BCUT2D eigenvalue weighted by Gasteiger charge is -2.13. The Kier molecular flexibility index (Phi) is 4.24. The van der Waals surface area contributed by atoms with Crippen molar-refractivity contribution < 1.29 is 9.53 Å². The summed E-state index contributed by atoms with van der Waals surface area (Å²) >= 11 is 0. The lowest BCUT2D eigenvalue weighted by molar-refractivity contribution is 0.0601. The zero-order valence-corrected chi connectivity index (χ0v) is 13.2. The van der Waals surface area contributed by atoms with Gasteiger partial charge in [0.05, 0.1) is 12.7 Å². The van der Waals surface area contributed by atoms with Crippen molar-refractivity contribution in [1.29, 1.82) is 0 Å². The van der Waals surface area contributed by atoms with Crippen LogP contribution in [-0.4, -0.2) is 13.1 Å². The van der Waals surface area contributed by atoms with Crippen LogP contribution < -0.4 is 0 Å². The van der Waals surface area contributed by atoms with Gasteiger partial charge in [-0.3, -0.25) is 0 Å². The molecule has 0 saturated carbocycles. The number of hydrogen-bond acceptors (Lipinski definition) is 2. The largest absolute Gasteiger partial charge is 0.465 e. The number of aryl methyl sites for hydroxylation is 1. The van der Waals surface area contributed by atoms with Crippen LogP contribution in [0.1, 0.15) is 15.9 Å². The molecule has 3 aromatic rings. The van der Waals surface area contributed by atoms with E-state index in [-0.39, 0.29) is 5.97 Å². The normalized spacial score (nSPS) is 10.3. The first-order chi connectivity index (χ1) is 11.2. The van der Waals surface area contributed by atoms with Gasteiger partial charge < -0.3 is 4.74 Å². The van der Waals surface area contributed by atoms with Gasteiger partial charge in [0, 0.05) is 0 Å². The molecule has 0 fully saturated rings. The molecule has 0 aromatic heterocycles. The number of ether oxygens (including phenoxy) is 1. The fraction of sp³-hybridized carbons (Fsp3) is 0.0952. The molecule has 0 aliphatic rings. The number of hydrogen-bond donors (Lipinski definition) is 0. The molecule has 0 aliphatic carbocycles. The quantitative estimate of drug-likeness (QED) is 0.628. The summed E-state index contributed by atoms with van der Waals surface area (Å²) in [5.41, 5.74) is 5.86. The molecule has 0 spiro atoms. The van der Waals surface area contributed by atoms with Gasteiger partial charge in [0.2, 0.25) is 0 Å². The Balaban J connectivity index is 2.21. The molecule has 23 heavy (non-hydrogen) atoms. The molecule has 3 aromatic carbocycles. The number of benzene rings is 3. The van der Waals surface area contributed by atoms with Gasteiger partial charge in [-0.05, 0) is 46.9 Å². The smallest absolute Gasteiger partial charge is 0.338 e. The summed E-state index contributed by atoms with van der Waals surface area (Å²) < 4.78 is 4.94. The van der Waals surface area contributed by atoms with Crippen LogP contribution in [0.4, 0.5) is 0 Å². The predicted molar refractivity (Wildman–Crippen MR) is 93.4 cm³/mol. The van der Waals surface area contributed by atoms with E-state index in [9.17, 15) is 4.79 Å². The van der Waals surface area contributed by atoms with Gasteiger partial charge in [-0.1, -0.05) is 60.7 Å². The molecule has 0 radical (unpaired) electrons. The van der Waals surface area contributed by atoms with E-state index in [4.69, 9.17) is 4.74 Å². The molecule has 114 valence electrons. The van der Waals surface area contributed by atoms with E-state index in [1.807, 2.05) is 61.5 Å². The molecule has 0 bridgehead atoms. The van der Waals surface area contributed by atoms with Gasteiger partial charge in [0.15, 0.2) is 0 Å². The second-order valence-corrected chi connectivity index (χ2v) is 5.43. The topological polar surface area (TPSA) is 26.3 Å². The number of methoxy groups -OCH3 is 1. The van der Waals surface area contributed by atoms with E-state index < -0.39 is 0 Å². The minimum atomic E-state index is -0.317. The first kappa shape index (κ1) is 15.0. The molecule has 0 aliphatic heterocycles. The Bertz CT molecular complexity index is 835. The summed E-state index contributed by atoms with van der Waals surface area (Å²) in [6, 6.07) is 24.1. The highest BCUT2D eigenvalue weighted by Crippen LogP contribution is 2.32. The molecule has 0 N–H and O–H groups in total. The van der Waals surface area contributed by atoms with Crippen molar-refractivity contribution in [2.24, 2.45) is 0 Å². The predicted octanol–water partition coefficient (Wildman–Crippen LogP) is 5.12. The summed E-state index contributed by atoms with van der Waals surface area (Å²) in [6.07, 6.45) is 0. The molecule has 0 saturated heterocycles. The van der Waals surface area contributed by atoms with Crippen LogP contribution in [0.25, 0.3) is 22.3 Å². The van der Waals surface area contributed by atoms with Crippen molar-refractivity contribution in [1.82, 2.24) is 0 Å². The van der Waals surface area contributed by atoms with Gasteiger partial charge >= 0.3 is 5.97 Å². The molecule has 0 amide bonds. The number of carbonyl (C=O) groups is 1. The van der Waals surface area contributed by atoms with Crippen LogP contribution in [-0.2, 0) is 4.74 Å². The van der Waals surface area contributed by atoms with Gasteiger partial charge in [0.25, 0.3) is 0 Å². The average molecular weight is 302 g/mol. The minimum absolute atomic E-state index is 0.317. The molecule has 0 unspecified atom stereocenters. The van der Waals surface area contributed by atoms with Gasteiger partial charge in [-0.2, -0.15) is 0 Å². The first-order valence-corrected chi connectivity index (χ1v) is 7.54. The van der Waals surface area contributed by atoms with E-state index in [0.717, 1.165) is 27.8 Å². The third-order valence-electron chi connectivity index (χ3n) is 3.97. The number of carbonyl (C=O) groups excluding carboxylic acids is 1. The minimum Gasteiger partial charge on any atom is -0.465 e. The van der Waals surface area contributed by atoms with Gasteiger partial charge in [-0.15, -0.1) is 0 Å². The second kappa shape index (κ2) is 6.49. The van der Waals surface area contributed by atoms with Crippen molar-refractivity contribution >= 4 is 5.97 Å². The Morgan fingerprint density at radius 3 is 2.17 bits per heavy atom. The zero-order valence-electron chi connectivity index (χ0n) is 13.2. The number of esters is 1. The molecule has 3 rings (SSSR count). The first-order valence-electron chi connectivity index (χ1n) is 7.54. The van der Waals surface area contributed by atoms with Gasteiger partial charge in [-0.25, -0.2) is 4.79 Å². The highest BCUT2D eigenvalue weighted by molar-refractivity contribution is 5.98. The monoisotopic (exact) mass is 302 g/mol. The van der Waals surface area contributed by atoms with Crippen LogP contribution in [0.15, 0.2) is 72.8 Å². The summed E-state index contributed by atoms with van der Waals surface area (Å²) in [4.78, 5) is 12.1. The fourth-order valence-corrected chi connectivity index (χ4v) is 2.74. The highest BCUT2D eigenvalue weighted by atomic mass is 16.5. The lowest BCUT2D eigenvalue weighted by atomic mass is 9.92. The van der Waals surface area contributed by atoms with Crippen molar-refractivity contribution in [2.75, 3.05) is 7.11 Å². The van der Waals surface area contributed by atoms with Crippen LogP contribution in [0.5, 0.6) is 0 Å². The van der Waals surface area contributed by atoms with Crippen molar-refractivity contribution in [3.63, 3.8) is 0 Å². The molecular weight excluding hydrogens is 284 g/mol. The molecular formula is C21H18O2. The Morgan fingerprint density at radius 1 is 0.783 bits per heavy atom. The third-order valence-corrected chi connectivity index (χ3v) is 3.97. The van der Waals surface area contributed by atoms with Crippen molar-refractivity contribution in [3.05, 3.63) is 83.9 Å².